The number of para-hydroxylation sites is 1. The Morgan fingerprint density at radius 2 is 1.75 bits per heavy atom. The van der Waals surface area contributed by atoms with Crippen LogP contribution in [0.25, 0.3) is 22.0 Å². The third kappa shape index (κ3) is 4.02. The van der Waals surface area contributed by atoms with Crippen LogP contribution in [0, 0.1) is 0 Å². The van der Waals surface area contributed by atoms with Crippen molar-refractivity contribution in [3.63, 3.8) is 0 Å². The van der Waals surface area contributed by atoms with Gasteiger partial charge in [0, 0.05) is 15.7 Å². The molecular weight excluding hydrogens is 418 g/mol. The van der Waals surface area contributed by atoms with Gasteiger partial charge in [-0.05, 0) is 29.8 Å². The summed E-state index contributed by atoms with van der Waals surface area (Å²) in [6.07, 6.45) is 1.42. The lowest BCUT2D eigenvalue weighted by Crippen LogP contribution is -2.21. The number of anilines is 1. The number of fused-ring (bicyclic) bond motifs is 1. The summed E-state index contributed by atoms with van der Waals surface area (Å²) in [5.74, 6) is 0.114. The summed E-state index contributed by atoms with van der Waals surface area (Å²) < 4.78 is 6.56. The first kappa shape index (κ1) is 18.1. The number of nitrogens with one attached hydrogen (secondary N) is 1. The van der Waals surface area contributed by atoms with Gasteiger partial charge in [-0.15, -0.1) is 0 Å². The van der Waals surface area contributed by atoms with Crippen LogP contribution in [0.1, 0.15) is 0 Å². The molecule has 4 aromatic rings. The summed E-state index contributed by atoms with van der Waals surface area (Å²) in [5, 5.41) is 3.67. The van der Waals surface area contributed by atoms with Crippen molar-refractivity contribution >= 4 is 38.4 Å². The van der Waals surface area contributed by atoms with Crippen molar-refractivity contribution in [2.45, 2.75) is 0 Å². The fourth-order valence-electron chi connectivity index (χ4n) is 2.90. The van der Waals surface area contributed by atoms with Crippen LogP contribution >= 0.6 is 15.9 Å². The molecule has 0 unspecified atom stereocenters. The van der Waals surface area contributed by atoms with E-state index in [1.807, 2.05) is 72.8 Å². The average molecular weight is 434 g/mol. The lowest BCUT2D eigenvalue weighted by molar-refractivity contribution is -0.118. The number of carbonyl (C=O) groups excluding carboxylic acids is 1. The van der Waals surface area contributed by atoms with Gasteiger partial charge in [0.05, 0.1) is 10.9 Å². The van der Waals surface area contributed by atoms with E-state index < -0.39 is 0 Å². The molecule has 6 heteroatoms. The monoisotopic (exact) mass is 433 g/mol. The number of nitrogens with zero attached hydrogens (tertiary/aromatic N) is 2. The molecule has 28 heavy (non-hydrogen) atoms. The normalized spacial score (nSPS) is 10.6. The van der Waals surface area contributed by atoms with Crippen LogP contribution in [0.3, 0.4) is 0 Å². The van der Waals surface area contributed by atoms with E-state index in [9.17, 15) is 4.79 Å². The number of aromatic nitrogens is 2. The maximum absolute atomic E-state index is 12.5. The molecule has 1 amide bonds. The zero-order valence-corrected chi connectivity index (χ0v) is 16.4. The second-order valence-electron chi connectivity index (χ2n) is 6.09. The molecule has 1 heterocycles. The van der Waals surface area contributed by atoms with Crippen molar-refractivity contribution in [3.8, 4) is 17.0 Å². The molecule has 5 nitrogen and oxygen atoms in total. The third-order valence-corrected chi connectivity index (χ3v) is 4.68. The van der Waals surface area contributed by atoms with Gasteiger partial charge in [0.15, 0.2) is 6.61 Å². The SMILES string of the molecule is O=C(COc1ncnc2ccc(Br)cc12)Nc1ccccc1-c1ccccc1. The molecule has 0 radical (unpaired) electrons. The van der Waals surface area contributed by atoms with Crippen LogP contribution in [0.2, 0.25) is 0 Å². The Morgan fingerprint density at radius 1 is 0.964 bits per heavy atom. The zero-order chi connectivity index (χ0) is 19.3. The first-order valence-electron chi connectivity index (χ1n) is 8.68. The van der Waals surface area contributed by atoms with Crippen LogP contribution in [0.15, 0.2) is 83.6 Å². The van der Waals surface area contributed by atoms with Crippen LogP contribution < -0.4 is 10.1 Å². The Morgan fingerprint density at radius 3 is 2.61 bits per heavy atom. The summed E-state index contributed by atoms with van der Waals surface area (Å²) in [4.78, 5) is 20.9. The highest BCUT2D eigenvalue weighted by Gasteiger charge is 2.11. The van der Waals surface area contributed by atoms with Crippen molar-refractivity contribution < 1.29 is 9.53 Å². The summed E-state index contributed by atoms with van der Waals surface area (Å²) >= 11 is 3.43. The van der Waals surface area contributed by atoms with Crippen molar-refractivity contribution in [2.24, 2.45) is 0 Å². The zero-order valence-electron chi connectivity index (χ0n) is 14.8. The summed E-state index contributed by atoms with van der Waals surface area (Å²) in [6, 6.07) is 23.2. The molecule has 3 aromatic carbocycles. The number of rotatable bonds is 5. The third-order valence-electron chi connectivity index (χ3n) is 4.19. The van der Waals surface area contributed by atoms with Gasteiger partial charge in [-0.25, -0.2) is 9.97 Å². The molecule has 0 fully saturated rings. The fourth-order valence-corrected chi connectivity index (χ4v) is 3.26. The van der Waals surface area contributed by atoms with Crippen LogP contribution in [-0.2, 0) is 4.79 Å². The Labute approximate surface area is 170 Å². The van der Waals surface area contributed by atoms with Crippen LogP contribution in [0.4, 0.5) is 5.69 Å². The van der Waals surface area contributed by atoms with Gasteiger partial charge < -0.3 is 10.1 Å². The largest absolute Gasteiger partial charge is 0.467 e. The van der Waals surface area contributed by atoms with E-state index in [1.165, 1.54) is 6.33 Å². The summed E-state index contributed by atoms with van der Waals surface area (Å²) in [5.41, 5.74) is 3.47. The first-order chi connectivity index (χ1) is 13.7. The van der Waals surface area contributed by atoms with Crippen LogP contribution in [-0.4, -0.2) is 22.5 Å². The fraction of sp³-hybridized carbons (Fsp3) is 0.0455. The molecular formula is C22H16BrN3O2. The van der Waals surface area contributed by atoms with E-state index in [4.69, 9.17) is 4.74 Å². The molecule has 0 aliphatic rings. The van der Waals surface area contributed by atoms with Gasteiger partial charge in [0.1, 0.15) is 6.33 Å². The van der Waals surface area contributed by atoms with Gasteiger partial charge in [-0.2, -0.15) is 0 Å². The van der Waals surface area contributed by atoms with Gasteiger partial charge >= 0.3 is 0 Å². The standard InChI is InChI=1S/C22H16BrN3O2/c23-16-10-11-19-18(12-16)22(25-14-24-19)28-13-21(27)26-20-9-5-4-8-17(20)15-6-2-1-3-7-15/h1-12,14H,13H2,(H,26,27). The highest BCUT2D eigenvalue weighted by molar-refractivity contribution is 9.10. The lowest BCUT2D eigenvalue weighted by Gasteiger charge is -2.12. The minimum Gasteiger partial charge on any atom is -0.467 e. The molecule has 1 N–H and O–H groups in total. The number of ether oxygens (including phenoxy) is 1. The van der Waals surface area contributed by atoms with E-state index in [1.54, 1.807) is 0 Å². The second kappa shape index (κ2) is 8.19. The van der Waals surface area contributed by atoms with Crippen molar-refractivity contribution in [2.75, 3.05) is 11.9 Å². The molecule has 0 aliphatic heterocycles. The summed E-state index contributed by atoms with van der Waals surface area (Å²) in [7, 11) is 0. The van der Waals surface area contributed by atoms with E-state index >= 15 is 0 Å². The Kier molecular flexibility index (Phi) is 5.30. The minimum absolute atomic E-state index is 0.151. The molecule has 0 atom stereocenters. The van der Waals surface area contributed by atoms with Crippen LogP contribution in [0.5, 0.6) is 5.88 Å². The average Bonchev–Trinajstić information content (AvgIpc) is 2.73. The predicted octanol–water partition coefficient (Wildman–Crippen LogP) is 5.08. The van der Waals surface area contributed by atoms with Gasteiger partial charge in [-0.3, -0.25) is 4.79 Å². The minimum atomic E-state index is -0.259. The molecule has 0 aliphatic carbocycles. The molecule has 0 saturated heterocycles. The number of hydrogen-bond donors (Lipinski definition) is 1. The number of carbonyl (C=O) groups is 1. The predicted molar refractivity (Wildman–Crippen MR) is 113 cm³/mol. The second-order valence-corrected chi connectivity index (χ2v) is 7.00. The molecule has 1 aromatic heterocycles. The topological polar surface area (TPSA) is 64.1 Å². The lowest BCUT2D eigenvalue weighted by atomic mass is 10.0. The highest BCUT2D eigenvalue weighted by Crippen LogP contribution is 2.28. The molecule has 0 bridgehead atoms. The van der Waals surface area contributed by atoms with Crippen molar-refractivity contribution in [3.05, 3.63) is 83.6 Å². The first-order valence-corrected chi connectivity index (χ1v) is 9.47. The van der Waals surface area contributed by atoms with E-state index in [0.29, 0.717) is 5.88 Å². The molecule has 0 saturated carbocycles. The number of hydrogen-bond acceptors (Lipinski definition) is 4. The maximum atomic E-state index is 12.5. The Balaban J connectivity index is 1.50. The highest BCUT2D eigenvalue weighted by atomic mass is 79.9. The number of amides is 1. The van der Waals surface area contributed by atoms with Gasteiger partial charge in [-0.1, -0.05) is 64.5 Å². The smallest absolute Gasteiger partial charge is 0.262 e. The Hall–Kier alpha value is -3.25. The van der Waals surface area contributed by atoms with Crippen molar-refractivity contribution in [1.29, 1.82) is 0 Å². The number of halogens is 1. The van der Waals surface area contributed by atoms with Crippen molar-refractivity contribution in [1.82, 2.24) is 9.97 Å². The van der Waals surface area contributed by atoms with E-state index in [2.05, 4.69) is 31.2 Å². The number of benzene rings is 3. The molecule has 0 spiro atoms. The quantitative estimate of drug-likeness (QED) is 0.476. The maximum Gasteiger partial charge on any atom is 0.262 e. The van der Waals surface area contributed by atoms with E-state index in [0.717, 1.165) is 32.2 Å². The summed E-state index contributed by atoms with van der Waals surface area (Å²) in [6.45, 7) is -0.151. The Bertz CT molecular complexity index is 1130. The molecule has 4 rings (SSSR count). The van der Waals surface area contributed by atoms with Gasteiger partial charge in [0.25, 0.3) is 5.91 Å². The molecule has 138 valence electrons. The van der Waals surface area contributed by atoms with E-state index in [-0.39, 0.29) is 12.5 Å². The van der Waals surface area contributed by atoms with Gasteiger partial charge in [0.2, 0.25) is 5.88 Å².